The van der Waals surface area contributed by atoms with Crippen LogP contribution in [0.25, 0.3) is 0 Å². The summed E-state index contributed by atoms with van der Waals surface area (Å²) in [6.07, 6.45) is -0.420. The van der Waals surface area contributed by atoms with E-state index < -0.39 is 29.6 Å². The maximum absolute atomic E-state index is 11.3. The van der Waals surface area contributed by atoms with E-state index in [0.29, 0.717) is 0 Å². The molecule has 0 fully saturated rings. The second-order valence-corrected chi connectivity index (χ2v) is 4.30. The Labute approximate surface area is 88.9 Å². The van der Waals surface area contributed by atoms with E-state index in [-0.39, 0.29) is 0 Å². The molecule has 0 aromatic rings. The normalized spacial score (nSPS) is 12.1. The quantitative estimate of drug-likeness (QED) is 0.489. The topological polar surface area (TPSA) is 105 Å². The number of hydrogen-bond acceptors (Lipinski definition) is 6. The van der Waals surface area contributed by atoms with Gasteiger partial charge in [-0.3, -0.25) is 4.79 Å². The van der Waals surface area contributed by atoms with E-state index in [1.54, 1.807) is 20.8 Å². The zero-order valence-electron chi connectivity index (χ0n) is 9.49. The minimum absolute atomic E-state index is 0.420. The smallest absolute Gasteiger partial charge is 0.341 e. The van der Waals surface area contributed by atoms with Crippen molar-refractivity contribution < 1.29 is 19.1 Å². The van der Waals surface area contributed by atoms with Gasteiger partial charge in [0.05, 0.1) is 13.5 Å². The zero-order chi connectivity index (χ0) is 12.3. The third kappa shape index (κ3) is 5.34. The number of nitrogens with two attached hydrogens (primary N) is 2. The van der Waals surface area contributed by atoms with Crippen LogP contribution in [0.3, 0.4) is 0 Å². The number of carbonyl (C=O) groups is 2. The van der Waals surface area contributed by atoms with Gasteiger partial charge in [-0.2, -0.15) is 0 Å². The summed E-state index contributed by atoms with van der Waals surface area (Å²) in [4.78, 5) is 22.4. The summed E-state index contributed by atoms with van der Waals surface area (Å²) in [6, 6.07) is 0. The van der Waals surface area contributed by atoms with Crippen LogP contribution < -0.4 is 11.5 Å². The van der Waals surface area contributed by atoms with Crippen molar-refractivity contribution in [2.45, 2.75) is 38.5 Å². The fraction of sp³-hybridized carbons (Fsp3) is 0.778. The van der Waals surface area contributed by atoms with E-state index in [4.69, 9.17) is 16.2 Å². The first-order chi connectivity index (χ1) is 6.58. The molecule has 0 aliphatic heterocycles. The Balaban J connectivity index is 4.35. The number of carbonyl (C=O) groups excluding carboxylic acids is 2. The molecule has 4 N–H and O–H groups in total. The second kappa shape index (κ2) is 4.59. The standard InChI is InChI=1S/C9H18N2O4/c1-8(2,3)15-6(12)5-9(10,11)7(13)14-4/h5,10-11H2,1-4H3. The first-order valence-corrected chi connectivity index (χ1v) is 4.46. The Bertz CT molecular complexity index is 255. The molecule has 6 nitrogen and oxygen atoms in total. The number of hydrogen-bond donors (Lipinski definition) is 2. The van der Waals surface area contributed by atoms with Crippen LogP contribution >= 0.6 is 0 Å². The lowest BCUT2D eigenvalue weighted by Gasteiger charge is -2.24. The van der Waals surface area contributed by atoms with E-state index in [9.17, 15) is 9.59 Å². The average molecular weight is 218 g/mol. The number of methoxy groups -OCH3 is 1. The van der Waals surface area contributed by atoms with Gasteiger partial charge in [0.1, 0.15) is 5.60 Å². The summed E-state index contributed by atoms with van der Waals surface area (Å²) in [5.41, 5.74) is 8.31. The lowest BCUT2D eigenvalue weighted by molar-refractivity contribution is -0.161. The van der Waals surface area contributed by atoms with Crippen LogP contribution in [0.5, 0.6) is 0 Å². The van der Waals surface area contributed by atoms with E-state index in [2.05, 4.69) is 4.74 Å². The minimum atomic E-state index is -1.84. The van der Waals surface area contributed by atoms with E-state index in [1.165, 1.54) is 0 Å². The van der Waals surface area contributed by atoms with Crippen LogP contribution in [-0.4, -0.2) is 30.3 Å². The van der Waals surface area contributed by atoms with Crippen molar-refractivity contribution >= 4 is 11.9 Å². The molecule has 15 heavy (non-hydrogen) atoms. The van der Waals surface area contributed by atoms with Gasteiger partial charge in [0.25, 0.3) is 0 Å². The van der Waals surface area contributed by atoms with Crippen molar-refractivity contribution in [2.75, 3.05) is 7.11 Å². The van der Waals surface area contributed by atoms with Gasteiger partial charge in [0.2, 0.25) is 0 Å². The molecule has 88 valence electrons. The van der Waals surface area contributed by atoms with Crippen LogP contribution in [0.4, 0.5) is 0 Å². The van der Waals surface area contributed by atoms with E-state index >= 15 is 0 Å². The molecule has 0 aromatic carbocycles. The molecule has 0 aromatic heterocycles. The van der Waals surface area contributed by atoms with Crippen molar-refractivity contribution in [3.05, 3.63) is 0 Å². The summed E-state index contributed by atoms with van der Waals surface area (Å²) >= 11 is 0. The molecule has 0 atom stereocenters. The van der Waals surface area contributed by atoms with Crippen molar-refractivity contribution in [2.24, 2.45) is 11.5 Å². The molecule has 0 aliphatic rings. The van der Waals surface area contributed by atoms with Gasteiger partial charge < -0.3 is 20.9 Å². The van der Waals surface area contributed by atoms with Crippen LogP contribution in [0.15, 0.2) is 0 Å². The Morgan fingerprint density at radius 2 is 1.67 bits per heavy atom. The summed E-state index contributed by atoms with van der Waals surface area (Å²) in [6.45, 7) is 5.12. The molecule has 0 aliphatic carbocycles. The third-order valence-corrected chi connectivity index (χ3v) is 1.42. The van der Waals surface area contributed by atoms with Crippen molar-refractivity contribution in [1.82, 2.24) is 0 Å². The summed E-state index contributed by atoms with van der Waals surface area (Å²) < 4.78 is 9.31. The van der Waals surface area contributed by atoms with E-state index in [0.717, 1.165) is 7.11 Å². The third-order valence-electron chi connectivity index (χ3n) is 1.42. The second-order valence-electron chi connectivity index (χ2n) is 4.30. The highest BCUT2D eigenvalue weighted by molar-refractivity contribution is 5.86. The Kier molecular flexibility index (Phi) is 4.24. The molecule has 0 amide bonds. The van der Waals surface area contributed by atoms with Crippen LogP contribution in [0, 0.1) is 0 Å². The molecule has 0 saturated carbocycles. The number of ether oxygens (including phenoxy) is 2. The largest absolute Gasteiger partial charge is 0.467 e. The molecule has 6 heteroatoms. The SMILES string of the molecule is COC(=O)C(N)(N)CC(=O)OC(C)(C)C. The minimum Gasteiger partial charge on any atom is -0.467 e. The predicted molar refractivity (Wildman–Crippen MR) is 53.6 cm³/mol. The van der Waals surface area contributed by atoms with Gasteiger partial charge in [0, 0.05) is 0 Å². The van der Waals surface area contributed by atoms with E-state index in [1.807, 2.05) is 0 Å². The number of esters is 2. The lowest BCUT2D eigenvalue weighted by Crippen LogP contribution is -2.58. The van der Waals surface area contributed by atoms with Crippen LogP contribution in [0.2, 0.25) is 0 Å². The van der Waals surface area contributed by atoms with Gasteiger partial charge in [-0.1, -0.05) is 0 Å². The first kappa shape index (κ1) is 13.9. The molecule has 0 heterocycles. The fourth-order valence-corrected chi connectivity index (χ4v) is 0.879. The monoisotopic (exact) mass is 218 g/mol. The fourth-order valence-electron chi connectivity index (χ4n) is 0.879. The molecular weight excluding hydrogens is 200 g/mol. The van der Waals surface area contributed by atoms with Crippen LogP contribution in [0.1, 0.15) is 27.2 Å². The van der Waals surface area contributed by atoms with Gasteiger partial charge in [0.15, 0.2) is 5.66 Å². The van der Waals surface area contributed by atoms with Gasteiger partial charge in [-0.05, 0) is 20.8 Å². The Morgan fingerprint density at radius 1 is 1.20 bits per heavy atom. The maximum Gasteiger partial charge on any atom is 0.341 e. The molecule has 0 saturated heterocycles. The summed E-state index contributed by atoms with van der Waals surface area (Å²) in [5, 5.41) is 0. The molecule has 0 bridgehead atoms. The molecule has 0 unspecified atom stereocenters. The highest BCUT2D eigenvalue weighted by Crippen LogP contribution is 2.11. The average Bonchev–Trinajstić information content (AvgIpc) is 1.97. The highest BCUT2D eigenvalue weighted by atomic mass is 16.6. The lowest BCUT2D eigenvalue weighted by atomic mass is 10.1. The van der Waals surface area contributed by atoms with Gasteiger partial charge >= 0.3 is 11.9 Å². The van der Waals surface area contributed by atoms with Crippen molar-refractivity contribution in [1.29, 1.82) is 0 Å². The molecular formula is C9H18N2O4. The Hall–Kier alpha value is -1.14. The van der Waals surface area contributed by atoms with Crippen LogP contribution in [-0.2, 0) is 19.1 Å². The zero-order valence-corrected chi connectivity index (χ0v) is 9.49. The molecule has 0 spiro atoms. The number of rotatable bonds is 3. The molecule has 0 rings (SSSR count). The Morgan fingerprint density at radius 3 is 2.00 bits per heavy atom. The van der Waals surface area contributed by atoms with Gasteiger partial charge in [-0.25, -0.2) is 4.79 Å². The van der Waals surface area contributed by atoms with Crippen molar-refractivity contribution in [3.8, 4) is 0 Å². The summed E-state index contributed by atoms with van der Waals surface area (Å²) in [5.74, 6) is -1.49. The maximum atomic E-state index is 11.3. The molecule has 0 radical (unpaired) electrons. The van der Waals surface area contributed by atoms with Gasteiger partial charge in [-0.15, -0.1) is 0 Å². The summed E-state index contributed by atoms with van der Waals surface area (Å²) in [7, 11) is 1.14. The highest BCUT2D eigenvalue weighted by Gasteiger charge is 2.35. The van der Waals surface area contributed by atoms with Crippen molar-refractivity contribution in [3.63, 3.8) is 0 Å². The predicted octanol–water partition coefficient (Wildman–Crippen LogP) is -0.495. The first-order valence-electron chi connectivity index (χ1n) is 4.46.